The standard InChI is InChI=1S/C28H28N2O/c1-19-13-15-23(21(3)17-19)29-25-9-5-7-11-27(25)31-28-12-8-6-10-26(28)30-24-16-14-20(2)18-22(24)4/h5-18,29-30H,1-4H3. The van der Waals surface area contributed by atoms with Gasteiger partial charge in [0.05, 0.1) is 11.4 Å². The van der Waals surface area contributed by atoms with Crippen LogP contribution in [-0.2, 0) is 0 Å². The molecular formula is C28H28N2O. The third kappa shape index (κ3) is 4.89. The number of hydrogen-bond acceptors (Lipinski definition) is 3. The third-order valence-corrected chi connectivity index (χ3v) is 5.30. The second-order valence-electron chi connectivity index (χ2n) is 7.98. The monoisotopic (exact) mass is 408 g/mol. The van der Waals surface area contributed by atoms with Gasteiger partial charge in [0.1, 0.15) is 0 Å². The zero-order valence-corrected chi connectivity index (χ0v) is 18.5. The van der Waals surface area contributed by atoms with Crippen LogP contribution in [0.1, 0.15) is 22.3 Å². The van der Waals surface area contributed by atoms with Crippen molar-refractivity contribution in [3.8, 4) is 11.5 Å². The van der Waals surface area contributed by atoms with Crippen LogP contribution in [0, 0.1) is 27.7 Å². The molecule has 0 radical (unpaired) electrons. The van der Waals surface area contributed by atoms with Gasteiger partial charge in [-0.2, -0.15) is 0 Å². The fourth-order valence-corrected chi connectivity index (χ4v) is 3.63. The van der Waals surface area contributed by atoms with Gasteiger partial charge in [-0.25, -0.2) is 0 Å². The summed E-state index contributed by atoms with van der Waals surface area (Å²) in [6.07, 6.45) is 0. The lowest BCUT2D eigenvalue weighted by Crippen LogP contribution is -1.99. The summed E-state index contributed by atoms with van der Waals surface area (Å²) in [5, 5.41) is 7.05. The number of ether oxygens (including phenoxy) is 1. The first-order valence-corrected chi connectivity index (χ1v) is 10.5. The fourth-order valence-electron chi connectivity index (χ4n) is 3.63. The van der Waals surface area contributed by atoms with E-state index < -0.39 is 0 Å². The Morgan fingerprint density at radius 1 is 0.484 bits per heavy atom. The first kappa shape index (κ1) is 20.5. The van der Waals surface area contributed by atoms with Gasteiger partial charge in [0.25, 0.3) is 0 Å². The molecule has 156 valence electrons. The quantitative estimate of drug-likeness (QED) is 0.337. The van der Waals surface area contributed by atoms with Crippen molar-refractivity contribution < 1.29 is 4.74 Å². The smallest absolute Gasteiger partial charge is 0.150 e. The molecule has 0 aromatic heterocycles. The highest BCUT2D eigenvalue weighted by atomic mass is 16.5. The van der Waals surface area contributed by atoms with E-state index in [0.717, 1.165) is 34.2 Å². The molecule has 0 bridgehead atoms. The lowest BCUT2D eigenvalue weighted by molar-refractivity contribution is 0.487. The molecule has 0 saturated heterocycles. The van der Waals surface area contributed by atoms with E-state index in [1.165, 1.54) is 22.3 Å². The van der Waals surface area contributed by atoms with Gasteiger partial charge < -0.3 is 15.4 Å². The summed E-state index contributed by atoms with van der Waals surface area (Å²) in [5.41, 5.74) is 8.90. The van der Waals surface area contributed by atoms with Crippen LogP contribution >= 0.6 is 0 Å². The molecule has 2 N–H and O–H groups in total. The van der Waals surface area contributed by atoms with Gasteiger partial charge in [-0.3, -0.25) is 0 Å². The van der Waals surface area contributed by atoms with Crippen molar-refractivity contribution in [1.82, 2.24) is 0 Å². The molecule has 0 fully saturated rings. The van der Waals surface area contributed by atoms with E-state index in [4.69, 9.17) is 4.74 Å². The van der Waals surface area contributed by atoms with Crippen LogP contribution in [0.15, 0.2) is 84.9 Å². The molecule has 0 spiro atoms. The maximum absolute atomic E-state index is 6.39. The Morgan fingerprint density at radius 3 is 1.32 bits per heavy atom. The summed E-state index contributed by atoms with van der Waals surface area (Å²) in [7, 11) is 0. The van der Waals surface area contributed by atoms with Gasteiger partial charge in [0, 0.05) is 11.4 Å². The zero-order valence-electron chi connectivity index (χ0n) is 18.5. The molecule has 0 aliphatic heterocycles. The summed E-state index contributed by atoms with van der Waals surface area (Å²) in [5.74, 6) is 1.55. The summed E-state index contributed by atoms with van der Waals surface area (Å²) in [6.45, 7) is 8.44. The lowest BCUT2D eigenvalue weighted by Gasteiger charge is -2.18. The van der Waals surface area contributed by atoms with Crippen LogP contribution in [0.3, 0.4) is 0 Å². The zero-order chi connectivity index (χ0) is 21.8. The van der Waals surface area contributed by atoms with E-state index in [-0.39, 0.29) is 0 Å². The summed E-state index contributed by atoms with van der Waals surface area (Å²) in [4.78, 5) is 0. The molecule has 3 nitrogen and oxygen atoms in total. The molecule has 0 amide bonds. The normalized spacial score (nSPS) is 10.6. The van der Waals surface area contributed by atoms with Crippen molar-refractivity contribution in [2.45, 2.75) is 27.7 Å². The Labute approximate surface area is 184 Å². The summed E-state index contributed by atoms with van der Waals surface area (Å²) in [6, 6.07) is 28.8. The maximum atomic E-state index is 6.39. The molecule has 4 rings (SSSR count). The molecule has 0 heterocycles. The number of hydrogen-bond donors (Lipinski definition) is 2. The van der Waals surface area contributed by atoms with Crippen LogP contribution in [0.2, 0.25) is 0 Å². The highest BCUT2D eigenvalue weighted by molar-refractivity contribution is 5.72. The molecule has 31 heavy (non-hydrogen) atoms. The first-order valence-electron chi connectivity index (χ1n) is 10.5. The maximum Gasteiger partial charge on any atom is 0.150 e. The predicted molar refractivity (Wildman–Crippen MR) is 131 cm³/mol. The summed E-state index contributed by atoms with van der Waals surface area (Å²) >= 11 is 0. The van der Waals surface area contributed by atoms with Crippen molar-refractivity contribution >= 4 is 22.7 Å². The highest BCUT2D eigenvalue weighted by Crippen LogP contribution is 2.37. The minimum absolute atomic E-state index is 0.775. The van der Waals surface area contributed by atoms with E-state index >= 15 is 0 Å². The molecule has 4 aromatic rings. The Kier molecular flexibility index (Phi) is 5.94. The van der Waals surface area contributed by atoms with E-state index in [1.54, 1.807) is 0 Å². The average Bonchev–Trinajstić information content (AvgIpc) is 2.74. The van der Waals surface area contributed by atoms with Gasteiger partial charge in [0.15, 0.2) is 11.5 Å². The van der Waals surface area contributed by atoms with Crippen LogP contribution < -0.4 is 15.4 Å². The molecule has 3 heteroatoms. The highest BCUT2D eigenvalue weighted by Gasteiger charge is 2.10. The SMILES string of the molecule is Cc1ccc(Nc2ccccc2Oc2ccccc2Nc2ccc(C)cc2C)c(C)c1. The van der Waals surface area contributed by atoms with Crippen LogP contribution in [0.4, 0.5) is 22.7 Å². The van der Waals surface area contributed by atoms with Crippen molar-refractivity contribution in [1.29, 1.82) is 0 Å². The van der Waals surface area contributed by atoms with E-state index in [1.807, 2.05) is 48.5 Å². The summed E-state index contributed by atoms with van der Waals surface area (Å²) < 4.78 is 6.39. The van der Waals surface area contributed by atoms with E-state index in [2.05, 4.69) is 74.7 Å². The molecular weight excluding hydrogens is 380 g/mol. The first-order chi connectivity index (χ1) is 15.0. The van der Waals surface area contributed by atoms with Gasteiger partial charge in [-0.15, -0.1) is 0 Å². The van der Waals surface area contributed by atoms with Crippen LogP contribution in [0.25, 0.3) is 0 Å². The number of rotatable bonds is 6. The number of anilines is 4. The van der Waals surface area contributed by atoms with E-state index in [0.29, 0.717) is 0 Å². The van der Waals surface area contributed by atoms with Gasteiger partial charge in [-0.05, 0) is 75.2 Å². The number of nitrogens with one attached hydrogen (secondary N) is 2. The van der Waals surface area contributed by atoms with Crippen molar-refractivity contribution in [3.05, 3.63) is 107 Å². The Hall–Kier alpha value is -3.72. The van der Waals surface area contributed by atoms with Gasteiger partial charge in [0.2, 0.25) is 0 Å². The third-order valence-electron chi connectivity index (χ3n) is 5.30. The molecule has 0 aliphatic rings. The number of para-hydroxylation sites is 4. The minimum atomic E-state index is 0.775. The lowest BCUT2D eigenvalue weighted by atomic mass is 10.1. The largest absolute Gasteiger partial charge is 0.453 e. The second-order valence-corrected chi connectivity index (χ2v) is 7.98. The van der Waals surface area contributed by atoms with Crippen LogP contribution in [0.5, 0.6) is 11.5 Å². The molecule has 0 aliphatic carbocycles. The Morgan fingerprint density at radius 2 is 0.903 bits per heavy atom. The average molecular weight is 409 g/mol. The molecule has 4 aromatic carbocycles. The van der Waals surface area contributed by atoms with Gasteiger partial charge >= 0.3 is 0 Å². The molecule has 0 atom stereocenters. The van der Waals surface area contributed by atoms with Crippen LogP contribution in [-0.4, -0.2) is 0 Å². The Bertz CT molecular complexity index is 1120. The second kappa shape index (κ2) is 8.97. The minimum Gasteiger partial charge on any atom is -0.453 e. The predicted octanol–water partition coefficient (Wildman–Crippen LogP) is 8.20. The molecule has 0 unspecified atom stereocenters. The number of aryl methyl sites for hydroxylation is 4. The van der Waals surface area contributed by atoms with E-state index in [9.17, 15) is 0 Å². The fraction of sp³-hybridized carbons (Fsp3) is 0.143. The van der Waals surface area contributed by atoms with Gasteiger partial charge in [-0.1, -0.05) is 59.7 Å². The topological polar surface area (TPSA) is 33.3 Å². The van der Waals surface area contributed by atoms with Crippen molar-refractivity contribution in [2.75, 3.05) is 10.6 Å². The van der Waals surface area contributed by atoms with Crippen molar-refractivity contribution in [2.24, 2.45) is 0 Å². The Balaban J connectivity index is 1.62. The number of benzene rings is 4. The van der Waals surface area contributed by atoms with Crippen molar-refractivity contribution in [3.63, 3.8) is 0 Å². The molecule has 0 saturated carbocycles.